The molecular formula is C28H24FN7S. The topological polar surface area (TPSA) is 95.2 Å². The van der Waals surface area contributed by atoms with E-state index >= 15 is 4.39 Å². The molecular weight excluding hydrogens is 485 g/mol. The fourth-order valence-corrected chi connectivity index (χ4v) is 5.23. The van der Waals surface area contributed by atoms with Crippen LogP contribution >= 0.6 is 11.3 Å². The van der Waals surface area contributed by atoms with Gasteiger partial charge < -0.3 is 10.3 Å². The van der Waals surface area contributed by atoms with Gasteiger partial charge in [0.05, 0.1) is 33.2 Å². The van der Waals surface area contributed by atoms with Gasteiger partial charge in [-0.15, -0.1) is 11.3 Å². The van der Waals surface area contributed by atoms with E-state index in [-0.39, 0.29) is 0 Å². The second kappa shape index (κ2) is 9.25. The predicted octanol–water partition coefficient (Wildman–Crippen LogP) is 7.40. The van der Waals surface area contributed by atoms with E-state index in [4.69, 9.17) is 4.98 Å². The molecule has 9 heteroatoms. The molecule has 0 amide bonds. The number of hydrogen-bond acceptors (Lipinski definition) is 6. The second-order valence-corrected chi connectivity index (χ2v) is 10.3. The molecule has 3 N–H and O–H groups in total. The van der Waals surface area contributed by atoms with Crippen LogP contribution in [0.5, 0.6) is 0 Å². The molecule has 0 aliphatic carbocycles. The standard InChI is InChI=1S/C28H24FN7S/c1-15(2)11-16(3)32-18-12-17(13-30-14-18)19-6-7-20-23(24(19)29)27(36-35-20)28-33-21-8-9-31-26(25(21)34-28)22-5-4-10-37-22/h4-10,12-15,32H,3,11H2,1-2H3,(H,33,34)(H,35,36). The van der Waals surface area contributed by atoms with Gasteiger partial charge in [0.15, 0.2) is 5.82 Å². The van der Waals surface area contributed by atoms with Crippen molar-refractivity contribution in [1.29, 1.82) is 0 Å². The van der Waals surface area contributed by atoms with Gasteiger partial charge in [-0.2, -0.15) is 5.10 Å². The summed E-state index contributed by atoms with van der Waals surface area (Å²) < 4.78 is 16.1. The highest BCUT2D eigenvalue weighted by Gasteiger charge is 2.21. The minimum absolute atomic E-state index is 0.366. The van der Waals surface area contributed by atoms with E-state index in [1.807, 2.05) is 35.7 Å². The number of imidazole rings is 1. The van der Waals surface area contributed by atoms with Crippen LogP contribution in [0.1, 0.15) is 20.3 Å². The van der Waals surface area contributed by atoms with E-state index in [1.54, 1.807) is 36.0 Å². The average molecular weight is 510 g/mol. The van der Waals surface area contributed by atoms with E-state index in [0.29, 0.717) is 39.5 Å². The molecule has 0 aliphatic heterocycles. The van der Waals surface area contributed by atoms with Crippen molar-refractivity contribution < 1.29 is 4.39 Å². The van der Waals surface area contributed by atoms with Crippen LogP contribution in [0.15, 0.2) is 72.6 Å². The molecule has 7 nitrogen and oxygen atoms in total. The van der Waals surface area contributed by atoms with Gasteiger partial charge in [-0.3, -0.25) is 15.1 Å². The van der Waals surface area contributed by atoms with Crippen LogP contribution in [0.3, 0.4) is 0 Å². The number of anilines is 1. The van der Waals surface area contributed by atoms with Crippen molar-refractivity contribution in [3.8, 4) is 33.2 Å². The molecule has 1 aromatic carbocycles. The van der Waals surface area contributed by atoms with E-state index < -0.39 is 5.82 Å². The highest BCUT2D eigenvalue weighted by Crippen LogP contribution is 2.36. The maximum absolute atomic E-state index is 16.1. The van der Waals surface area contributed by atoms with Gasteiger partial charge in [0.2, 0.25) is 0 Å². The van der Waals surface area contributed by atoms with Crippen LogP contribution in [0.2, 0.25) is 0 Å². The Morgan fingerprint density at radius 3 is 2.84 bits per heavy atom. The summed E-state index contributed by atoms with van der Waals surface area (Å²) in [6, 6.07) is 11.3. The lowest BCUT2D eigenvalue weighted by molar-refractivity contribution is 0.643. The third kappa shape index (κ3) is 4.27. The third-order valence-corrected chi connectivity index (χ3v) is 6.95. The lowest BCUT2D eigenvalue weighted by Crippen LogP contribution is -2.02. The number of nitrogens with one attached hydrogen (secondary N) is 3. The van der Waals surface area contributed by atoms with Crippen LogP contribution in [0.4, 0.5) is 10.1 Å². The van der Waals surface area contributed by atoms with Gasteiger partial charge in [-0.1, -0.05) is 26.5 Å². The molecule has 0 unspecified atom stereocenters. The zero-order valence-corrected chi connectivity index (χ0v) is 21.2. The van der Waals surface area contributed by atoms with Crippen LogP contribution < -0.4 is 5.32 Å². The highest BCUT2D eigenvalue weighted by atomic mass is 32.1. The fraction of sp³-hybridized carbons (Fsp3) is 0.143. The van der Waals surface area contributed by atoms with Crippen molar-refractivity contribution in [1.82, 2.24) is 30.1 Å². The molecule has 184 valence electrons. The first-order chi connectivity index (χ1) is 18.0. The van der Waals surface area contributed by atoms with Crippen molar-refractivity contribution in [3.05, 3.63) is 78.5 Å². The number of aromatic amines is 2. The summed E-state index contributed by atoms with van der Waals surface area (Å²) in [5, 5.41) is 13.0. The Morgan fingerprint density at radius 2 is 2.03 bits per heavy atom. The minimum Gasteiger partial charge on any atom is -0.358 e. The maximum atomic E-state index is 16.1. The Labute approximate surface area is 216 Å². The summed E-state index contributed by atoms with van der Waals surface area (Å²) in [6.45, 7) is 8.36. The van der Waals surface area contributed by atoms with Gasteiger partial charge >= 0.3 is 0 Å². The Kier molecular flexibility index (Phi) is 5.77. The summed E-state index contributed by atoms with van der Waals surface area (Å²) >= 11 is 1.59. The molecule has 0 radical (unpaired) electrons. The number of halogens is 1. The zero-order chi connectivity index (χ0) is 25.5. The number of thiophene rings is 1. The number of rotatable bonds is 7. The van der Waals surface area contributed by atoms with Gasteiger partial charge in [-0.25, -0.2) is 9.37 Å². The number of nitrogens with zero attached hydrogens (tertiary/aromatic N) is 4. The lowest BCUT2D eigenvalue weighted by Gasteiger charge is -2.12. The molecule has 0 aliphatic rings. The normalized spacial score (nSPS) is 11.6. The molecule has 6 aromatic rings. The summed E-state index contributed by atoms with van der Waals surface area (Å²) in [5.74, 6) is 0.561. The van der Waals surface area contributed by atoms with Gasteiger partial charge in [0, 0.05) is 29.2 Å². The van der Waals surface area contributed by atoms with Crippen LogP contribution in [-0.2, 0) is 0 Å². The largest absolute Gasteiger partial charge is 0.358 e. The molecule has 0 saturated carbocycles. The third-order valence-electron chi connectivity index (χ3n) is 6.07. The lowest BCUT2D eigenvalue weighted by atomic mass is 10.0. The molecule has 5 heterocycles. The molecule has 0 saturated heterocycles. The van der Waals surface area contributed by atoms with Gasteiger partial charge in [-0.05, 0) is 48.1 Å². The summed E-state index contributed by atoms with van der Waals surface area (Å²) in [4.78, 5) is 18.0. The maximum Gasteiger partial charge on any atom is 0.159 e. The van der Waals surface area contributed by atoms with Crippen molar-refractivity contribution in [2.75, 3.05) is 5.32 Å². The number of fused-ring (bicyclic) bond motifs is 2. The number of hydrogen-bond donors (Lipinski definition) is 3. The average Bonchev–Trinajstić information content (AvgIpc) is 3.62. The number of pyridine rings is 2. The van der Waals surface area contributed by atoms with Crippen molar-refractivity contribution >= 4 is 39.0 Å². The predicted molar refractivity (Wildman–Crippen MR) is 148 cm³/mol. The minimum atomic E-state index is -0.390. The van der Waals surface area contributed by atoms with Crippen molar-refractivity contribution in [2.24, 2.45) is 5.92 Å². The van der Waals surface area contributed by atoms with Crippen LogP contribution in [0, 0.1) is 11.7 Å². The number of benzene rings is 1. The van der Waals surface area contributed by atoms with E-state index in [1.165, 1.54) is 0 Å². The Hall–Kier alpha value is -4.37. The number of allylic oxidation sites excluding steroid dienone is 1. The fourth-order valence-electron chi connectivity index (χ4n) is 4.51. The van der Waals surface area contributed by atoms with E-state index in [9.17, 15) is 0 Å². The molecule has 0 atom stereocenters. The van der Waals surface area contributed by atoms with Gasteiger partial charge in [0.1, 0.15) is 22.7 Å². The summed E-state index contributed by atoms with van der Waals surface area (Å²) in [5.41, 5.74) is 6.05. The summed E-state index contributed by atoms with van der Waals surface area (Å²) in [6.07, 6.45) is 5.94. The van der Waals surface area contributed by atoms with Crippen LogP contribution in [0.25, 0.3) is 55.2 Å². The molecule has 0 fully saturated rings. The zero-order valence-electron chi connectivity index (χ0n) is 20.3. The molecule has 37 heavy (non-hydrogen) atoms. The van der Waals surface area contributed by atoms with Gasteiger partial charge in [0.25, 0.3) is 0 Å². The Balaban J connectivity index is 1.42. The number of aromatic nitrogens is 6. The molecule has 6 rings (SSSR count). The SMILES string of the molecule is C=C(CC(C)C)Nc1cncc(-c2ccc3[nH]nc(-c4nc5c(-c6cccs6)nccc5[nH]4)c3c2F)c1. The second-order valence-electron chi connectivity index (χ2n) is 9.33. The molecule has 0 bridgehead atoms. The smallest absolute Gasteiger partial charge is 0.159 e. The first-order valence-electron chi connectivity index (χ1n) is 11.9. The monoisotopic (exact) mass is 509 g/mol. The van der Waals surface area contributed by atoms with Crippen molar-refractivity contribution in [2.45, 2.75) is 20.3 Å². The van der Waals surface area contributed by atoms with E-state index in [2.05, 4.69) is 50.9 Å². The molecule has 5 aromatic heterocycles. The first-order valence-corrected chi connectivity index (χ1v) is 12.8. The first kappa shape index (κ1) is 23.1. The van der Waals surface area contributed by atoms with Crippen molar-refractivity contribution in [3.63, 3.8) is 0 Å². The van der Waals surface area contributed by atoms with Crippen LogP contribution in [-0.4, -0.2) is 30.1 Å². The summed E-state index contributed by atoms with van der Waals surface area (Å²) in [7, 11) is 0. The highest BCUT2D eigenvalue weighted by molar-refractivity contribution is 7.13. The van der Waals surface area contributed by atoms with E-state index in [0.717, 1.165) is 39.4 Å². The Bertz CT molecular complexity index is 1750. The molecule has 0 spiro atoms. The quantitative estimate of drug-likeness (QED) is 0.208. The number of H-pyrrole nitrogens is 2. The Morgan fingerprint density at radius 1 is 1.14 bits per heavy atom.